The van der Waals surface area contributed by atoms with E-state index in [1.165, 1.54) is 15.4 Å². The molecule has 0 bridgehead atoms. The lowest BCUT2D eigenvalue weighted by Crippen LogP contribution is -3.28. The van der Waals surface area contributed by atoms with E-state index in [9.17, 15) is 4.79 Å². The van der Waals surface area contributed by atoms with Gasteiger partial charge in [-0.05, 0) is 30.0 Å². The van der Waals surface area contributed by atoms with E-state index in [-0.39, 0.29) is 11.3 Å². The minimum absolute atomic E-state index is 0.0901. The molecule has 0 aliphatic carbocycles. The third-order valence-corrected chi connectivity index (χ3v) is 5.60. The predicted octanol–water partition coefficient (Wildman–Crippen LogP) is -0.241. The van der Waals surface area contributed by atoms with Crippen molar-refractivity contribution in [3.05, 3.63) is 47.3 Å². The summed E-state index contributed by atoms with van der Waals surface area (Å²) >= 11 is 0. The number of aryl methyl sites for hydroxylation is 1. The standard InChI is InChI=1S/C23H34N4O3/c1-18-15-20(25-30-18)16-26-10-12-27(13-11-26)17-22(28)24-9-14-29-21-7-5-19(6-8-21)23(2,3)4/h5-8,15H,9-14,16-17H2,1-4H3,(H,24,28)/p+2. The van der Waals surface area contributed by atoms with E-state index in [2.05, 4.69) is 43.4 Å². The van der Waals surface area contributed by atoms with Crippen LogP contribution in [0.3, 0.4) is 0 Å². The number of ether oxygens (including phenoxy) is 1. The fourth-order valence-corrected chi connectivity index (χ4v) is 3.77. The Hall–Kier alpha value is -2.38. The number of hydrogen-bond donors (Lipinski definition) is 3. The zero-order chi connectivity index (χ0) is 21.6. The lowest BCUT2D eigenvalue weighted by molar-refractivity contribution is -1.02. The Morgan fingerprint density at radius 3 is 2.40 bits per heavy atom. The molecule has 1 aliphatic heterocycles. The monoisotopic (exact) mass is 416 g/mol. The number of nitrogens with one attached hydrogen (secondary N) is 3. The van der Waals surface area contributed by atoms with Crippen molar-refractivity contribution in [2.75, 3.05) is 45.9 Å². The van der Waals surface area contributed by atoms with Crippen molar-refractivity contribution in [3.8, 4) is 5.75 Å². The molecule has 0 saturated carbocycles. The maximum absolute atomic E-state index is 12.2. The highest BCUT2D eigenvalue weighted by molar-refractivity contribution is 5.76. The Labute approximate surface area is 179 Å². The quantitative estimate of drug-likeness (QED) is 0.520. The highest BCUT2D eigenvalue weighted by Gasteiger charge is 2.25. The zero-order valence-electron chi connectivity index (χ0n) is 18.7. The number of amides is 1. The van der Waals surface area contributed by atoms with Gasteiger partial charge in [0.25, 0.3) is 5.91 Å². The van der Waals surface area contributed by atoms with Crippen LogP contribution in [0.25, 0.3) is 0 Å². The van der Waals surface area contributed by atoms with E-state index < -0.39 is 0 Å². The zero-order valence-corrected chi connectivity index (χ0v) is 18.7. The molecule has 164 valence electrons. The first kappa shape index (κ1) is 22.3. The van der Waals surface area contributed by atoms with Crippen molar-refractivity contribution in [3.63, 3.8) is 0 Å². The van der Waals surface area contributed by atoms with E-state index in [4.69, 9.17) is 9.26 Å². The van der Waals surface area contributed by atoms with Crippen molar-refractivity contribution in [2.24, 2.45) is 0 Å². The minimum Gasteiger partial charge on any atom is -0.492 e. The van der Waals surface area contributed by atoms with Crippen molar-refractivity contribution in [1.82, 2.24) is 10.5 Å². The summed E-state index contributed by atoms with van der Waals surface area (Å²) < 4.78 is 10.9. The van der Waals surface area contributed by atoms with Gasteiger partial charge in [-0.3, -0.25) is 4.79 Å². The molecule has 1 fully saturated rings. The molecule has 7 nitrogen and oxygen atoms in total. The number of carbonyl (C=O) groups excluding carboxylic acids is 1. The molecule has 1 aromatic heterocycles. The third kappa shape index (κ3) is 6.85. The molecule has 3 rings (SSSR count). The second-order valence-corrected chi connectivity index (χ2v) is 9.26. The normalized spacial score (nSPS) is 19.5. The topological polar surface area (TPSA) is 73.2 Å². The molecule has 0 atom stereocenters. The summed E-state index contributed by atoms with van der Waals surface area (Å²) in [7, 11) is 0. The first-order valence-electron chi connectivity index (χ1n) is 10.9. The van der Waals surface area contributed by atoms with Crippen LogP contribution in [0.2, 0.25) is 0 Å². The van der Waals surface area contributed by atoms with E-state index in [1.54, 1.807) is 0 Å². The third-order valence-electron chi connectivity index (χ3n) is 5.60. The van der Waals surface area contributed by atoms with Crippen LogP contribution in [0.15, 0.2) is 34.9 Å². The van der Waals surface area contributed by atoms with Gasteiger partial charge in [0.1, 0.15) is 56.5 Å². The van der Waals surface area contributed by atoms with E-state index in [0.717, 1.165) is 49.9 Å². The highest BCUT2D eigenvalue weighted by atomic mass is 16.5. The molecule has 0 unspecified atom stereocenters. The summed E-state index contributed by atoms with van der Waals surface area (Å²) in [4.78, 5) is 15.1. The first-order chi connectivity index (χ1) is 14.3. The Morgan fingerprint density at radius 2 is 1.80 bits per heavy atom. The van der Waals surface area contributed by atoms with Crippen LogP contribution >= 0.6 is 0 Å². The van der Waals surface area contributed by atoms with Crippen molar-refractivity contribution in [1.29, 1.82) is 0 Å². The van der Waals surface area contributed by atoms with Gasteiger partial charge in [0.2, 0.25) is 0 Å². The van der Waals surface area contributed by atoms with E-state index >= 15 is 0 Å². The summed E-state index contributed by atoms with van der Waals surface area (Å²) in [6, 6.07) is 10.2. The van der Waals surface area contributed by atoms with Crippen LogP contribution in [0, 0.1) is 6.92 Å². The Morgan fingerprint density at radius 1 is 1.13 bits per heavy atom. The number of benzene rings is 1. The van der Waals surface area contributed by atoms with Crippen LogP contribution < -0.4 is 19.9 Å². The van der Waals surface area contributed by atoms with Gasteiger partial charge in [0, 0.05) is 6.07 Å². The minimum atomic E-state index is 0.0901. The summed E-state index contributed by atoms with van der Waals surface area (Å²) in [5, 5.41) is 7.05. The number of hydrogen-bond acceptors (Lipinski definition) is 4. The Bertz CT molecular complexity index is 803. The molecule has 7 heteroatoms. The van der Waals surface area contributed by atoms with E-state index in [1.807, 2.05) is 25.1 Å². The van der Waals surface area contributed by atoms with Crippen LogP contribution in [-0.2, 0) is 16.8 Å². The lowest BCUT2D eigenvalue weighted by Gasteiger charge is -2.28. The SMILES string of the molecule is Cc1cc(C[NH+]2CC[NH+](CC(=O)NCCOc3ccc(C(C)(C)C)cc3)CC2)no1. The van der Waals surface area contributed by atoms with Gasteiger partial charge in [0.05, 0.1) is 6.54 Å². The molecule has 1 aromatic carbocycles. The molecule has 3 N–H and O–H groups in total. The largest absolute Gasteiger partial charge is 0.492 e. The molecule has 2 heterocycles. The highest BCUT2D eigenvalue weighted by Crippen LogP contribution is 2.24. The maximum Gasteiger partial charge on any atom is 0.275 e. The summed E-state index contributed by atoms with van der Waals surface area (Å²) in [6.45, 7) is 15.0. The molecule has 30 heavy (non-hydrogen) atoms. The number of carbonyl (C=O) groups is 1. The van der Waals surface area contributed by atoms with Crippen LogP contribution in [0.4, 0.5) is 0 Å². The fraction of sp³-hybridized carbons (Fsp3) is 0.565. The van der Waals surface area contributed by atoms with Crippen molar-refractivity contribution < 1.29 is 23.9 Å². The van der Waals surface area contributed by atoms with Gasteiger partial charge in [0.15, 0.2) is 6.54 Å². The first-order valence-corrected chi connectivity index (χ1v) is 10.9. The molecule has 1 amide bonds. The van der Waals surface area contributed by atoms with Gasteiger partial charge in [-0.15, -0.1) is 0 Å². The Kier molecular flexibility index (Phi) is 7.50. The van der Waals surface area contributed by atoms with Crippen LogP contribution in [-0.4, -0.2) is 56.9 Å². The molecular weight excluding hydrogens is 380 g/mol. The summed E-state index contributed by atoms with van der Waals surface area (Å²) in [6.07, 6.45) is 0. The fourth-order valence-electron chi connectivity index (χ4n) is 3.77. The summed E-state index contributed by atoms with van der Waals surface area (Å²) in [5.41, 5.74) is 2.43. The van der Waals surface area contributed by atoms with Crippen molar-refractivity contribution in [2.45, 2.75) is 39.7 Å². The molecule has 1 aliphatic rings. The van der Waals surface area contributed by atoms with Gasteiger partial charge in [-0.1, -0.05) is 38.1 Å². The smallest absolute Gasteiger partial charge is 0.275 e. The lowest BCUT2D eigenvalue weighted by atomic mass is 9.87. The average Bonchev–Trinajstić information content (AvgIpc) is 3.11. The second-order valence-electron chi connectivity index (χ2n) is 9.26. The average molecular weight is 417 g/mol. The number of aromatic nitrogens is 1. The summed E-state index contributed by atoms with van der Waals surface area (Å²) in [5.74, 6) is 1.78. The molecular formula is C23H36N4O3+2. The predicted molar refractivity (Wildman–Crippen MR) is 115 cm³/mol. The number of rotatable bonds is 8. The number of piperazine rings is 1. The van der Waals surface area contributed by atoms with Gasteiger partial charge < -0.3 is 24.4 Å². The van der Waals surface area contributed by atoms with Gasteiger partial charge >= 0.3 is 0 Å². The Balaban J connectivity index is 1.29. The van der Waals surface area contributed by atoms with E-state index in [0.29, 0.717) is 19.7 Å². The number of nitrogens with zero attached hydrogens (tertiary/aromatic N) is 1. The van der Waals surface area contributed by atoms with Gasteiger partial charge in [-0.25, -0.2) is 0 Å². The molecule has 0 radical (unpaired) electrons. The molecule has 0 spiro atoms. The second kappa shape index (κ2) is 10.1. The van der Waals surface area contributed by atoms with Crippen molar-refractivity contribution >= 4 is 5.91 Å². The van der Waals surface area contributed by atoms with Crippen LogP contribution in [0.5, 0.6) is 5.75 Å². The maximum atomic E-state index is 12.2. The van der Waals surface area contributed by atoms with Crippen LogP contribution in [0.1, 0.15) is 37.8 Å². The number of quaternary nitrogens is 2. The van der Waals surface area contributed by atoms with Gasteiger partial charge in [-0.2, -0.15) is 0 Å². The molecule has 1 saturated heterocycles. The molecule has 2 aromatic rings.